The van der Waals surface area contributed by atoms with Gasteiger partial charge < -0.3 is 14.7 Å². The number of hydrogen-bond acceptors (Lipinski definition) is 3. The Bertz CT molecular complexity index is 166. The molecule has 0 spiro atoms. The normalized spacial score (nSPS) is 12.9. The maximum absolute atomic E-state index is 9.84. The third-order valence-electron chi connectivity index (χ3n) is 2.67. The molecule has 0 aromatic carbocycles. The second-order valence-corrected chi connectivity index (χ2v) is 4.49. The zero-order valence-corrected chi connectivity index (χ0v) is 11.5. The predicted octanol–water partition coefficient (Wildman–Crippen LogP) is 2.45. The first-order chi connectivity index (χ1) is 8.24. The molecular formula is C14H29NO2. The smallest absolute Gasteiger partial charge is 0.0900 e. The van der Waals surface area contributed by atoms with Gasteiger partial charge in [-0.2, -0.15) is 0 Å². The van der Waals surface area contributed by atoms with Crippen molar-refractivity contribution in [2.24, 2.45) is 0 Å². The average Bonchev–Trinajstić information content (AvgIpc) is 2.33. The molecule has 0 bridgehead atoms. The zero-order valence-electron chi connectivity index (χ0n) is 11.5. The minimum atomic E-state index is -0.385. The monoisotopic (exact) mass is 243 g/mol. The fraction of sp³-hybridized carbons (Fsp3) is 0.857. The summed E-state index contributed by atoms with van der Waals surface area (Å²) in [6, 6.07) is 0. The van der Waals surface area contributed by atoms with Crippen molar-refractivity contribution in [2.45, 2.75) is 45.6 Å². The SMILES string of the molecule is C=CCOC[C@H](O)CN(CCCC)CCCC. The number of unbranched alkanes of at least 4 members (excludes halogenated alkanes) is 2. The van der Waals surface area contributed by atoms with Crippen LogP contribution < -0.4 is 0 Å². The molecule has 3 heteroatoms. The molecule has 3 nitrogen and oxygen atoms in total. The fourth-order valence-electron chi connectivity index (χ4n) is 1.70. The van der Waals surface area contributed by atoms with Crippen LogP contribution >= 0.6 is 0 Å². The Morgan fingerprint density at radius 3 is 2.29 bits per heavy atom. The topological polar surface area (TPSA) is 32.7 Å². The molecule has 0 rings (SSSR count). The molecule has 0 fully saturated rings. The van der Waals surface area contributed by atoms with Gasteiger partial charge in [-0.25, -0.2) is 0 Å². The molecule has 0 unspecified atom stereocenters. The molecule has 102 valence electrons. The second kappa shape index (κ2) is 12.1. The Hall–Kier alpha value is -0.380. The Kier molecular flexibility index (Phi) is 11.8. The molecule has 0 aliphatic rings. The summed E-state index contributed by atoms with van der Waals surface area (Å²) < 4.78 is 5.26. The molecule has 0 heterocycles. The molecule has 0 amide bonds. The van der Waals surface area contributed by atoms with E-state index in [0.29, 0.717) is 13.2 Å². The van der Waals surface area contributed by atoms with Gasteiger partial charge >= 0.3 is 0 Å². The first kappa shape index (κ1) is 16.6. The van der Waals surface area contributed by atoms with Gasteiger partial charge in [-0.15, -0.1) is 6.58 Å². The van der Waals surface area contributed by atoms with Crippen LogP contribution in [-0.4, -0.2) is 49.0 Å². The molecule has 1 atom stereocenters. The third-order valence-corrected chi connectivity index (χ3v) is 2.67. The van der Waals surface area contributed by atoms with E-state index in [1.54, 1.807) is 6.08 Å². The van der Waals surface area contributed by atoms with E-state index in [0.717, 1.165) is 19.6 Å². The van der Waals surface area contributed by atoms with Crippen molar-refractivity contribution in [1.82, 2.24) is 4.90 Å². The summed E-state index contributed by atoms with van der Waals surface area (Å²) in [6.07, 6.45) is 6.12. The minimum absolute atomic E-state index is 0.385. The predicted molar refractivity (Wildman–Crippen MR) is 73.3 cm³/mol. The van der Waals surface area contributed by atoms with E-state index in [1.807, 2.05) is 0 Å². The van der Waals surface area contributed by atoms with Crippen molar-refractivity contribution in [3.05, 3.63) is 12.7 Å². The average molecular weight is 243 g/mol. The molecule has 0 radical (unpaired) electrons. The molecule has 0 aromatic rings. The summed E-state index contributed by atoms with van der Waals surface area (Å²) in [5.74, 6) is 0. The lowest BCUT2D eigenvalue weighted by molar-refractivity contribution is 0.0257. The van der Waals surface area contributed by atoms with Crippen molar-refractivity contribution >= 4 is 0 Å². The van der Waals surface area contributed by atoms with E-state index in [4.69, 9.17) is 4.74 Å². The van der Waals surface area contributed by atoms with Crippen LogP contribution in [0.5, 0.6) is 0 Å². The maximum Gasteiger partial charge on any atom is 0.0900 e. The van der Waals surface area contributed by atoms with Gasteiger partial charge in [0.25, 0.3) is 0 Å². The number of ether oxygens (including phenoxy) is 1. The quantitative estimate of drug-likeness (QED) is 0.422. The summed E-state index contributed by atoms with van der Waals surface area (Å²) >= 11 is 0. The van der Waals surface area contributed by atoms with E-state index in [1.165, 1.54) is 25.7 Å². The Morgan fingerprint density at radius 2 is 1.82 bits per heavy atom. The molecule has 0 aliphatic carbocycles. The van der Waals surface area contributed by atoms with Gasteiger partial charge in [0.2, 0.25) is 0 Å². The highest BCUT2D eigenvalue weighted by atomic mass is 16.5. The van der Waals surface area contributed by atoms with E-state index < -0.39 is 0 Å². The van der Waals surface area contributed by atoms with Crippen LogP contribution in [0.3, 0.4) is 0 Å². The van der Waals surface area contributed by atoms with Gasteiger partial charge in [-0.3, -0.25) is 0 Å². The molecule has 0 saturated heterocycles. The number of rotatable bonds is 12. The number of hydrogen-bond donors (Lipinski definition) is 1. The third kappa shape index (κ3) is 10.5. The molecule has 0 aliphatic heterocycles. The van der Waals surface area contributed by atoms with E-state index in [2.05, 4.69) is 25.3 Å². The second-order valence-electron chi connectivity index (χ2n) is 4.49. The fourth-order valence-corrected chi connectivity index (χ4v) is 1.70. The Morgan fingerprint density at radius 1 is 1.24 bits per heavy atom. The first-order valence-corrected chi connectivity index (χ1v) is 6.83. The van der Waals surface area contributed by atoms with Crippen LogP contribution in [0.1, 0.15) is 39.5 Å². The van der Waals surface area contributed by atoms with Crippen molar-refractivity contribution in [3.8, 4) is 0 Å². The van der Waals surface area contributed by atoms with E-state index >= 15 is 0 Å². The molecule has 17 heavy (non-hydrogen) atoms. The molecule has 0 saturated carbocycles. The first-order valence-electron chi connectivity index (χ1n) is 6.83. The Balaban J connectivity index is 3.80. The van der Waals surface area contributed by atoms with Crippen LogP contribution in [0.15, 0.2) is 12.7 Å². The largest absolute Gasteiger partial charge is 0.389 e. The van der Waals surface area contributed by atoms with Crippen LogP contribution in [0.4, 0.5) is 0 Å². The lowest BCUT2D eigenvalue weighted by atomic mass is 10.2. The summed E-state index contributed by atoms with van der Waals surface area (Å²) in [7, 11) is 0. The number of aliphatic hydroxyl groups excluding tert-OH is 1. The molecule has 0 aromatic heterocycles. The molecule has 1 N–H and O–H groups in total. The van der Waals surface area contributed by atoms with E-state index in [-0.39, 0.29) is 6.10 Å². The summed E-state index contributed by atoms with van der Waals surface area (Å²) in [6.45, 7) is 11.8. The van der Waals surface area contributed by atoms with E-state index in [9.17, 15) is 5.11 Å². The van der Waals surface area contributed by atoms with Crippen LogP contribution in [0.25, 0.3) is 0 Å². The standard InChI is InChI=1S/C14H29NO2/c1-4-7-9-15(10-8-5-2)12-14(16)13-17-11-6-3/h6,14,16H,3-5,7-13H2,1-2H3/t14-/m1/s1. The van der Waals surface area contributed by atoms with Gasteiger partial charge in [0.05, 0.1) is 19.3 Å². The summed E-state index contributed by atoms with van der Waals surface area (Å²) in [5, 5.41) is 9.84. The highest BCUT2D eigenvalue weighted by Gasteiger charge is 2.10. The van der Waals surface area contributed by atoms with Gasteiger partial charge in [0.15, 0.2) is 0 Å². The van der Waals surface area contributed by atoms with Gasteiger partial charge in [-0.1, -0.05) is 32.8 Å². The van der Waals surface area contributed by atoms with Crippen molar-refractivity contribution in [2.75, 3.05) is 32.8 Å². The molecular weight excluding hydrogens is 214 g/mol. The lowest BCUT2D eigenvalue weighted by Gasteiger charge is -2.24. The highest BCUT2D eigenvalue weighted by molar-refractivity contribution is 4.67. The van der Waals surface area contributed by atoms with Crippen LogP contribution in [-0.2, 0) is 4.74 Å². The highest BCUT2D eigenvalue weighted by Crippen LogP contribution is 2.01. The van der Waals surface area contributed by atoms with Crippen LogP contribution in [0.2, 0.25) is 0 Å². The minimum Gasteiger partial charge on any atom is -0.389 e. The zero-order chi connectivity index (χ0) is 12.9. The van der Waals surface area contributed by atoms with Gasteiger partial charge in [0, 0.05) is 6.54 Å². The van der Waals surface area contributed by atoms with Crippen LogP contribution in [0, 0.1) is 0 Å². The summed E-state index contributed by atoms with van der Waals surface area (Å²) in [5.41, 5.74) is 0. The van der Waals surface area contributed by atoms with Crippen molar-refractivity contribution in [3.63, 3.8) is 0 Å². The maximum atomic E-state index is 9.84. The lowest BCUT2D eigenvalue weighted by Crippen LogP contribution is -2.36. The van der Waals surface area contributed by atoms with Gasteiger partial charge in [-0.05, 0) is 25.9 Å². The number of nitrogens with zero attached hydrogens (tertiary/aromatic N) is 1. The van der Waals surface area contributed by atoms with Crippen molar-refractivity contribution in [1.29, 1.82) is 0 Å². The summed E-state index contributed by atoms with van der Waals surface area (Å²) in [4.78, 5) is 2.34. The number of aliphatic hydroxyl groups is 1. The Labute approximate surface area is 106 Å². The van der Waals surface area contributed by atoms with Gasteiger partial charge in [0.1, 0.15) is 0 Å². The van der Waals surface area contributed by atoms with Crippen molar-refractivity contribution < 1.29 is 9.84 Å².